The van der Waals surface area contributed by atoms with Gasteiger partial charge in [-0.2, -0.15) is 0 Å². The van der Waals surface area contributed by atoms with Gasteiger partial charge in [-0.15, -0.1) is 0 Å². The lowest BCUT2D eigenvalue weighted by Gasteiger charge is -2.24. The number of nitrogens with one attached hydrogen (secondary N) is 1. The minimum absolute atomic E-state index is 0.0756. The molecular formula is C23H24N2O4S. The molecule has 156 valence electrons. The zero-order valence-electron chi connectivity index (χ0n) is 17.1. The third-order valence-electron chi connectivity index (χ3n) is 4.86. The van der Waals surface area contributed by atoms with Gasteiger partial charge in [-0.05, 0) is 67.4 Å². The first kappa shape index (κ1) is 21.4. The number of ether oxygens (including phenoxy) is 1. The molecule has 0 spiro atoms. The predicted octanol–water partition coefficient (Wildman–Crippen LogP) is 4.15. The highest BCUT2D eigenvalue weighted by molar-refractivity contribution is 7.92. The molecule has 1 N–H and O–H groups in total. The smallest absolute Gasteiger partial charge is 0.264 e. The third-order valence-corrected chi connectivity index (χ3v) is 6.65. The maximum absolute atomic E-state index is 13.3. The second-order valence-electron chi connectivity index (χ2n) is 6.82. The molecule has 0 saturated carbocycles. The van der Waals surface area contributed by atoms with Crippen molar-refractivity contribution in [3.8, 4) is 5.75 Å². The van der Waals surface area contributed by atoms with Crippen LogP contribution in [0.1, 0.15) is 11.1 Å². The van der Waals surface area contributed by atoms with Crippen LogP contribution >= 0.6 is 0 Å². The lowest BCUT2D eigenvalue weighted by molar-refractivity contribution is -0.114. The van der Waals surface area contributed by atoms with Crippen LogP contribution in [0.5, 0.6) is 5.75 Å². The summed E-state index contributed by atoms with van der Waals surface area (Å²) < 4.78 is 32.9. The molecule has 7 heteroatoms. The van der Waals surface area contributed by atoms with Crippen molar-refractivity contribution < 1.29 is 17.9 Å². The fourth-order valence-electron chi connectivity index (χ4n) is 2.99. The van der Waals surface area contributed by atoms with Gasteiger partial charge in [0.1, 0.15) is 12.3 Å². The SMILES string of the molecule is COc1ccc(S(=O)(=O)N(CC(=O)Nc2cccc(C)c2C)c2ccccc2)cc1. The molecule has 6 nitrogen and oxygen atoms in total. The normalized spacial score (nSPS) is 11.0. The molecule has 1 amide bonds. The number of rotatable bonds is 7. The zero-order chi connectivity index (χ0) is 21.7. The van der Waals surface area contributed by atoms with Crippen molar-refractivity contribution in [3.63, 3.8) is 0 Å². The van der Waals surface area contributed by atoms with Crippen molar-refractivity contribution in [1.29, 1.82) is 0 Å². The van der Waals surface area contributed by atoms with E-state index in [1.54, 1.807) is 48.5 Å². The first-order chi connectivity index (χ1) is 14.3. The number of aryl methyl sites for hydroxylation is 1. The Morgan fingerprint density at radius 3 is 2.23 bits per heavy atom. The van der Waals surface area contributed by atoms with E-state index in [2.05, 4.69) is 5.32 Å². The van der Waals surface area contributed by atoms with E-state index in [0.717, 1.165) is 15.4 Å². The molecule has 0 aliphatic rings. The van der Waals surface area contributed by atoms with E-state index in [1.165, 1.54) is 19.2 Å². The van der Waals surface area contributed by atoms with Crippen molar-refractivity contribution in [2.45, 2.75) is 18.7 Å². The Hall–Kier alpha value is -3.32. The van der Waals surface area contributed by atoms with E-state index in [-0.39, 0.29) is 11.4 Å². The van der Waals surface area contributed by atoms with Crippen LogP contribution in [0.15, 0.2) is 77.7 Å². The van der Waals surface area contributed by atoms with E-state index in [0.29, 0.717) is 17.1 Å². The summed E-state index contributed by atoms with van der Waals surface area (Å²) in [5.41, 5.74) is 3.05. The Labute approximate surface area is 177 Å². The molecule has 0 bridgehead atoms. The van der Waals surface area contributed by atoms with Gasteiger partial charge in [0, 0.05) is 5.69 Å². The number of benzene rings is 3. The number of amides is 1. The first-order valence-corrected chi connectivity index (χ1v) is 10.8. The van der Waals surface area contributed by atoms with Crippen molar-refractivity contribution in [2.75, 3.05) is 23.3 Å². The Morgan fingerprint density at radius 1 is 0.933 bits per heavy atom. The van der Waals surface area contributed by atoms with E-state index in [4.69, 9.17) is 4.74 Å². The molecule has 0 fully saturated rings. The fraction of sp³-hybridized carbons (Fsp3) is 0.174. The van der Waals surface area contributed by atoms with Gasteiger partial charge in [0.2, 0.25) is 5.91 Å². The summed E-state index contributed by atoms with van der Waals surface area (Å²) in [6.07, 6.45) is 0. The van der Waals surface area contributed by atoms with E-state index >= 15 is 0 Å². The van der Waals surface area contributed by atoms with E-state index in [9.17, 15) is 13.2 Å². The number of para-hydroxylation sites is 1. The second kappa shape index (κ2) is 9.00. The molecule has 0 atom stereocenters. The monoisotopic (exact) mass is 424 g/mol. The van der Waals surface area contributed by atoms with Gasteiger partial charge >= 0.3 is 0 Å². The standard InChI is InChI=1S/C23H24N2O4S/c1-17-8-7-11-22(18(17)2)24-23(26)16-25(19-9-5-4-6-10-19)30(27,28)21-14-12-20(29-3)13-15-21/h4-15H,16H2,1-3H3,(H,24,26). The van der Waals surface area contributed by atoms with Gasteiger partial charge in [-0.1, -0.05) is 30.3 Å². The largest absolute Gasteiger partial charge is 0.497 e. The molecule has 0 saturated heterocycles. The minimum atomic E-state index is -3.97. The highest BCUT2D eigenvalue weighted by Gasteiger charge is 2.27. The molecule has 0 unspecified atom stereocenters. The molecule has 30 heavy (non-hydrogen) atoms. The highest BCUT2D eigenvalue weighted by Crippen LogP contribution is 2.25. The number of sulfonamides is 1. The molecule has 0 aliphatic heterocycles. The predicted molar refractivity (Wildman–Crippen MR) is 119 cm³/mol. The summed E-state index contributed by atoms with van der Waals surface area (Å²) in [6, 6.07) is 20.2. The number of hydrogen-bond donors (Lipinski definition) is 1. The van der Waals surface area contributed by atoms with Crippen LogP contribution in [-0.2, 0) is 14.8 Å². The molecule has 3 aromatic rings. The summed E-state index contributed by atoms with van der Waals surface area (Å²) >= 11 is 0. The van der Waals surface area contributed by atoms with Crippen LogP contribution in [0.2, 0.25) is 0 Å². The fourth-order valence-corrected chi connectivity index (χ4v) is 4.41. The van der Waals surface area contributed by atoms with Crippen LogP contribution in [0.25, 0.3) is 0 Å². The topological polar surface area (TPSA) is 75.7 Å². The molecule has 3 rings (SSSR count). The van der Waals surface area contributed by atoms with Gasteiger partial charge in [0.25, 0.3) is 10.0 Å². The van der Waals surface area contributed by atoms with Crippen molar-refractivity contribution in [2.24, 2.45) is 0 Å². The van der Waals surface area contributed by atoms with Gasteiger partial charge in [-0.3, -0.25) is 9.10 Å². The minimum Gasteiger partial charge on any atom is -0.497 e. The van der Waals surface area contributed by atoms with E-state index in [1.807, 2.05) is 26.0 Å². The second-order valence-corrected chi connectivity index (χ2v) is 8.68. The molecule has 0 heterocycles. The third kappa shape index (κ3) is 4.63. The summed E-state index contributed by atoms with van der Waals surface area (Å²) in [6.45, 7) is 3.51. The maximum atomic E-state index is 13.3. The molecule has 0 aliphatic carbocycles. The molecule has 3 aromatic carbocycles. The quantitative estimate of drug-likeness (QED) is 0.618. The summed E-state index contributed by atoms with van der Waals surface area (Å²) in [5.74, 6) is 0.123. The first-order valence-electron chi connectivity index (χ1n) is 9.41. The number of carbonyl (C=O) groups excluding carboxylic acids is 1. The summed E-state index contributed by atoms with van der Waals surface area (Å²) in [4.78, 5) is 12.9. The maximum Gasteiger partial charge on any atom is 0.264 e. The number of anilines is 2. The van der Waals surface area contributed by atoms with Gasteiger partial charge in [0.15, 0.2) is 0 Å². The Morgan fingerprint density at radius 2 is 1.60 bits per heavy atom. The van der Waals surface area contributed by atoms with Crippen LogP contribution in [0.4, 0.5) is 11.4 Å². The average molecular weight is 425 g/mol. The van der Waals surface area contributed by atoms with Crippen molar-refractivity contribution >= 4 is 27.3 Å². The summed E-state index contributed by atoms with van der Waals surface area (Å²) in [7, 11) is -2.46. The lowest BCUT2D eigenvalue weighted by atomic mass is 10.1. The Bertz CT molecular complexity index is 1130. The molecule has 0 radical (unpaired) electrons. The van der Waals surface area contributed by atoms with Crippen LogP contribution < -0.4 is 14.4 Å². The Kier molecular flexibility index (Phi) is 6.42. The summed E-state index contributed by atoms with van der Waals surface area (Å²) in [5, 5.41) is 2.83. The molecular weight excluding hydrogens is 400 g/mol. The van der Waals surface area contributed by atoms with E-state index < -0.39 is 15.9 Å². The molecule has 0 aromatic heterocycles. The average Bonchev–Trinajstić information content (AvgIpc) is 2.76. The van der Waals surface area contributed by atoms with Crippen LogP contribution in [0, 0.1) is 13.8 Å². The number of nitrogens with zero attached hydrogens (tertiary/aromatic N) is 1. The van der Waals surface area contributed by atoms with Gasteiger partial charge < -0.3 is 10.1 Å². The lowest BCUT2D eigenvalue weighted by Crippen LogP contribution is -2.38. The van der Waals surface area contributed by atoms with Crippen molar-refractivity contribution in [1.82, 2.24) is 0 Å². The number of hydrogen-bond acceptors (Lipinski definition) is 4. The number of carbonyl (C=O) groups is 1. The zero-order valence-corrected chi connectivity index (χ0v) is 17.9. The van der Waals surface area contributed by atoms with Crippen LogP contribution in [0.3, 0.4) is 0 Å². The highest BCUT2D eigenvalue weighted by atomic mass is 32.2. The van der Waals surface area contributed by atoms with Gasteiger partial charge in [0.05, 0.1) is 17.7 Å². The van der Waals surface area contributed by atoms with Crippen molar-refractivity contribution in [3.05, 3.63) is 83.9 Å². The Balaban J connectivity index is 1.93. The van der Waals surface area contributed by atoms with Gasteiger partial charge in [-0.25, -0.2) is 8.42 Å². The number of methoxy groups -OCH3 is 1. The van der Waals surface area contributed by atoms with Crippen LogP contribution in [-0.4, -0.2) is 28.0 Å².